The van der Waals surface area contributed by atoms with Crippen LogP contribution in [0.1, 0.15) is 0 Å². The molecule has 0 atom stereocenters. The number of hydrogen-bond donors (Lipinski definition) is 3. The molecule has 0 aliphatic rings. The Hall–Kier alpha value is -2.98. The summed E-state index contributed by atoms with van der Waals surface area (Å²) in [6, 6.07) is 1.13. The van der Waals surface area contributed by atoms with Crippen LogP contribution >= 0.6 is 0 Å². The minimum atomic E-state index is -1.20. The van der Waals surface area contributed by atoms with E-state index in [9.17, 15) is 24.5 Å². The Kier molecular flexibility index (Phi) is 5.14. The number of carbonyl (C=O) groups is 3. The van der Waals surface area contributed by atoms with Gasteiger partial charge in [-0.25, -0.2) is 0 Å². The van der Waals surface area contributed by atoms with E-state index in [0.29, 0.717) is 0 Å². The van der Waals surface area contributed by atoms with Gasteiger partial charge >= 0.3 is 11.8 Å². The Labute approximate surface area is 111 Å². The normalized spacial score (nSPS) is 9.80. The molecule has 0 unspecified atom stereocenters. The van der Waals surface area contributed by atoms with Crippen LogP contribution in [0.15, 0.2) is 12.3 Å². The number of nitrogens with zero attached hydrogens (tertiary/aromatic N) is 3. The number of carbonyl (C=O) groups excluding carboxylic acids is 2. The fraction of sp³-hybridized carbons (Fsp3) is 0.333. The molecule has 0 saturated carbocycles. The molecule has 0 aromatic carbocycles. The summed E-state index contributed by atoms with van der Waals surface area (Å²) in [5.74, 6) is -2.84. The van der Waals surface area contributed by atoms with Crippen LogP contribution in [0.3, 0.4) is 0 Å². The maximum Gasteiger partial charge on any atom is 0.389 e. The van der Waals surface area contributed by atoms with Gasteiger partial charge < -0.3 is 25.9 Å². The van der Waals surface area contributed by atoms with Gasteiger partial charge in [-0.05, 0) is 4.92 Å². The first-order valence-electron chi connectivity index (χ1n) is 5.31. The smallest absolute Gasteiger partial charge is 0.389 e. The first-order chi connectivity index (χ1) is 9.38. The largest absolute Gasteiger partial charge is 0.480 e. The summed E-state index contributed by atoms with van der Waals surface area (Å²) in [4.78, 5) is 42.3. The summed E-state index contributed by atoms with van der Waals surface area (Å²) in [5, 5.41) is 26.5. The molecule has 0 aliphatic carbocycles. The van der Waals surface area contributed by atoms with Crippen molar-refractivity contribution in [1.82, 2.24) is 20.4 Å². The van der Waals surface area contributed by atoms with Crippen molar-refractivity contribution in [3.63, 3.8) is 0 Å². The third-order valence-electron chi connectivity index (χ3n) is 2.00. The molecule has 0 bridgehead atoms. The van der Waals surface area contributed by atoms with Gasteiger partial charge in [0.25, 0.3) is 0 Å². The van der Waals surface area contributed by atoms with Crippen molar-refractivity contribution in [2.24, 2.45) is 0 Å². The van der Waals surface area contributed by atoms with Gasteiger partial charge in [0.05, 0.1) is 23.9 Å². The Morgan fingerprint density at radius 2 is 1.95 bits per heavy atom. The van der Waals surface area contributed by atoms with Gasteiger partial charge in [0.1, 0.15) is 13.1 Å². The first-order valence-corrected chi connectivity index (χ1v) is 5.31. The highest BCUT2D eigenvalue weighted by Crippen LogP contribution is 2.04. The summed E-state index contributed by atoms with van der Waals surface area (Å²) in [6.45, 7) is -1.23. The van der Waals surface area contributed by atoms with Crippen LogP contribution in [0.2, 0.25) is 0 Å². The minimum Gasteiger partial charge on any atom is -0.480 e. The zero-order valence-electron chi connectivity index (χ0n) is 10.1. The fourth-order valence-electron chi connectivity index (χ4n) is 1.16. The molecule has 0 saturated heterocycles. The van der Waals surface area contributed by atoms with E-state index in [1.807, 2.05) is 0 Å². The number of amides is 2. The monoisotopic (exact) mass is 285 g/mol. The average molecular weight is 285 g/mol. The van der Waals surface area contributed by atoms with E-state index in [1.165, 1.54) is 6.20 Å². The summed E-state index contributed by atoms with van der Waals surface area (Å²) >= 11 is 0. The van der Waals surface area contributed by atoms with E-state index in [2.05, 4.69) is 15.7 Å². The van der Waals surface area contributed by atoms with Crippen molar-refractivity contribution in [2.75, 3.05) is 13.1 Å². The highest BCUT2D eigenvalue weighted by Gasteiger charge is 2.13. The van der Waals surface area contributed by atoms with Crippen LogP contribution < -0.4 is 10.6 Å². The second-order valence-corrected chi connectivity index (χ2v) is 3.58. The molecule has 0 radical (unpaired) electrons. The lowest BCUT2D eigenvalue weighted by Gasteiger charge is -2.04. The van der Waals surface area contributed by atoms with E-state index in [0.717, 1.165) is 10.7 Å². The van der Waals surface area contributed by atoms with Gasteiger partial charge in [-0.15, -0.1) is 0 Å². The van der Waals surface area contributed by atoms with E-state index >= 15 is 0 Å². The molecule has 1 aromatic heterocycles. The van der Waals surface area contributed by atoms with E-state index in [-0.39, 0.29) is 6.54 Å². The molecule has 11 heteroatoms. The zero-order valence-corrected chi connectivity index (χ0v) is 10.1. The lowest BCUT2D eigenvalue weighted by atomic mass is 10.5. The summed E-state index contributed by atoms with van der Waals surface area (Å²) in [7, 11) is 0. The number of nitro groups is 1. The third kappa shape index (κ3) is 5.12. The maximum absolute atomic E-state index is 11.4. The second kappa shape index (κ2) is 6.82. The quantitative estimate of drug-likeness (QED) is 0.390. The van der Waals surface area contributed by atoms with E-state index < -0.39 is 41.6 Å². The first kappa shape index (κ1) is 15.1. The molecule has 0 spiro atoms. The minimum absolute atomic E-state index is 0.292. The second-order valence-electron chi connectivity index (χ2n) is 3.58. The molecule has 1 heterocycles. The number of hydrogen-bond acceptors (Lipinski definition) is 6. The molecular weight excluding hydrogens is 274 g/mol. The van der Waals surface area contributed by atoms with Gasteiger partial charge in [-0.1, -0.05) is 0 Å². The lowest BCUT2D eigenvalue weighted by molar-refractivity contribution is -0.389. The Morgan fingerprint density at radius 1 is 1.30 bits per heavy atom. The van der Waals surface area contributed by atoms with Crippen molar-refractivity contribution >= 4 is 23.6 Å². The summed E-state index contributed by atoms with van der Waals surface area (Å²) < 4.78 is 1.04. The number of carboxylic acid groups (broad SMARTS) is 1. The van der Waals surface area contributed by atoms with Crippen molar-refractivity contribution in [3.8, 4) is 0 Å². The molecule has 108 valence electrons. The van der Waals surface area contributed by atoms with Gasteiger partial charge in [0, 0.05) is 0 Å². The molecule has 20 heavy (non-hydrogen) atoms. The highest BCUT2D eigenvalue weighted by molar-refractivity contribution is 5.86. The number of carboxylic acids is 1. The van der Waals surface area contributed by atoms with Crippen LogP contribution in [0, 0.1) is 10.1 Å². The molecule has 0 fully saturated rings. The van der Waals surface area contributed by atoms with Crippen LogP contribution in [0.4, 0.5) is 5.82 Å². The molecule has 1 rings (SSSR count). The lowest BCUT2D eigenvalue weighted by Crippen LogP contribution is -2.40. The van der Waals surface area contributed by atoms with E-state index in [1.54, 1.807) is 0 Å². The van der Waals surface area contributed by atoms with Crippen LogP contribution in [-0.4, -0.2) is 50.7 Å². The van der Waals surface area contributed by atoms with Crippen LogP contribution in [-0.2, 0) is 20.9 Å². The van der Waals surface area contributed by atoms with Gasteiger partial charge in [-0.2, -0.15) is 4.68 Å². The fourth-order valence-corrected chi connectivity index (χ4v) is 1.16. The van der Waals surface area contributed by atoms with Gasteiger partial charge in [-0.3, -0.25) is 14.4 Å². The number of rotatable bonds is 7. The van der Waals surface area contributed by atoms with E-state index in [4.69, 9.17) is 5.11 Å². The van der Waals surface area contributed by atoms with Gasteiger partial charge in [0.2, 0.25) is 11.8 Å². The summed E-state index contributed by atoms with van der Waals surface area (Å²) in [5.41, 5.74) is 0. The standard InChI is InChI=1S/C9H11N5O6/c15-7(11-4-9(17)18)3-10-8(16)5-13-2-1-6(12-13)14(19)20/h1-2H,3-5H2,(H,10,16)(H,11,15)(H,17,18). The van der Waals surface area contributed by atoms with Crippen molar-refractivity contribution < 1.29 is 24.4 Å². The van der Waals surface area contributed by atoms with Crippen LogP contribution in [0.25, 0.3) is 0 Å². The third-order valence-corrected chi connectivity index (χ3v) is 2.00. The molecular formula is C9H11N5O6. The predicted octanol–water partition coefficient (Wildman–Crippen LogP) is -1.89. The summed E-state index contributed by atoms with van der Waals surface area (Å²) in [6.07, 6.45) is 1.25. The Bertz CT molecular complexity index is 539. The maximum atomic E-state index is 11.4. The Balaban J connectivity index is 2.34. The predicted molar refractivity (Wildman–Crippen MR) is 62.5 cm³/mol. The molecule has 0 aliphatic heterocycles. The van der Waals surface area contributed by atoms with Crippen molar-refractivity contribution in [2.45, 2.75) is 6.54 Å². The topological polar surface area (TPSA) is 156 Å². The Morgan fingerprint density at radius 3 is 2.50 bits per heavy atom. The highest BCUT2D eigenvalue weighted by atomic mass is 16.6. The number of nitrogens with one attached hydrogen (secondary N) is 2. The van der Waals surface area contributed by atoms with Crippen LogP contribution in [0.5, 0.6) is 0 Å². The zero-order chi connectivity index (χ0) is 15.1. The SMILES string of the molecule is O=C(O)CNC(=O)CNC(=O)Cn1ccc([N+](=O)[O-])n1. The van der Waals surface area contributed by atoms with Crippen molar-refractivity contribution in [1.29, 1.82) is 0 Å². The number of aromatic nitrogens is 2. The number of aliphatic carboxylic acids is 1. The van der Waals surface area contributed by atoms with Crippen molar-refractivity contribution in [3.05, 3.63) is 22.4 Å². The molecule has 2 amide bonds. The van der Waals surface area contributed by atoms with Gasteiger partial charge in [0.15, 0.2) is 0 Å². The molecule has 11 nitrogen and oxygen atoms in total. The molecule has 3 N–H and O–H groups in total. The molecule has 1 aromatic rings. The average Bonchev–Trinajstić information content (AvgIpc) is 2.82.